The van der Waals surface area contributed by atoms with Gasteiger partial charge >= 0.3 is 0 Å². The van der Waals surface area contributed by atoms with Crippen molar-refractivity contribution < 1.29 is 9.13 Å². The first-order valence-corrected chi connectivity index (χ1v) is 6.93. The van der Waals surface area contributed by atoms with E-state index in [1.54, 1.807) is 12.1 Å². The van der Waals surface area contributed by atoms with Gasteiger partial charge in [0, 0.05) is 12.2 Å². The highest BCUT2D eigenvalue weighted by Gasteiger charge is 1.95. The number of benzene rings is 2. The van der Waals surface area contributed by atoms with Crippen LogP contribution in [0.4, 0.5) is 10.1 Å². The van der Waals surface area contributed by atoms with Crippen molar-refractivity contribution in [3.05, 3.63) is 59.9 Å². The summed E-state index contributed by atoms with van der Waals surface area (Å²) in [6, 6.07) is 14.5. The van der Waals surface area contributed by atoms with Crippen molar-refractivity contribution in [1.29, 1.82) is 0 Å². The summed E-state index contributed by atoms with van der Waals surface area (Å²) in [5.41, 5.74) is 2.19. The zero-order valence-electron chi connectivity index (χ0n) is 11.7. The van der Waals surface area contributed by atoms with Crippen LogP contribution in [0.1, 0.15) is 18.4 Å². The van der Waals surface area contributed by atoms with E-state index in [4.69, 9.17) is 4.74 Å². The molecular formula is C17H20FNO. The maximum Gasteiger partial charge on any atom is 0.123 e. The third-order valence-electron chi connectivity index (χ3n) is 3.03. The zero-order chi connectivity index (χ0) is 14.2. The number of anilines is 1. The van der Waals surface area contributed by atoms with Gasteiger partial charge in [0.05, 0.1) is 6.61 Å². The Morgan fingerprint density at radius 2 is 1.65 bits per heavy atom. The van der Waals surface area contributed by atoms with Crippen LogP contribution in [0.2, 0.25) is 0 Å². The largest absolute Gasteiger partial charge is 0.494 e. The van der Waals surface area contributed by atoms with Crippen molar-refractivity contribution >= 4 is 5.69 Å². The van der Waals surface area contributed by atoms with Crippen LogP contribution < -0.4 is 10.1 Å². The summed E-state index contributed by atoms with van der Waals surface area (Å²) >= 11 is 0. The van der Waals surface area contributed by atoms with E-state index in [0.717, 1.165) is 30.8 Å². The Balaban J connectivity index is 1.57. The Kier molecular flexibility index (Phi) is 5.42. The minimum Gasteiger partial charge on any atom is -0.494 e. The zero-order valence-corrected chi connectivity index (χ0v) is 11.7. The Hall–Kier alpha value is -2.03. The Morgan fingerprint density at radius 3 is 2.35 bits per heavy atom. The van der Waals surface area contributed by atoms with Gasteiger partial charge in [-0.2, -0.15) is 0 Å². The van der Waals surface area contributed by atoms with E-state index < -0.39 is 0 Å². The molecule has 106 valence electrons. The fraction of sp³-hybridized carbons (Fsp3) is 0.294. The van der Waals surface area contributed by atoms with Crippen molar-refractivity contribution in [1.82, 2.24) is 0 Å². The third-order valence-corrected chi connectivity index (χ3v) is 3.03. The molecule has 0 atom stereocenters. The summed E-state index contributed by atoms with van der Waals surface area (Å²) in [5.74, 6) is 0.712. The lowest BCUT2D eigenvalue weighted by Crippen LogP contribution is -2.04. The highest BCUT2D eigenvalue weighted by Crippen LogP contribution is 2.12. The molecule has 2 aromatic carbocycles. The lowest BCUT2D eigenvalue weighted by molar-refractivity contribution is 0.308. The van der Waals surface area contributed by atoms with Gasteiger partial charge < -0.3 is 10.1 Å². The lowest BCUT2D eigenvalue weighted by atomic mass is 10.2. The molecule has 1 N–H and O–H groups in total. The van der Waals surface area contributed by atoms with Gasteiger partial charge in [-0.1, -0.05) is 17.7 Å². The normalized spacial score (nSPS) is 10.3. The maximum atomic E-state index is 12.7. The predicted molar refractivity (Wildman–Crippen MR) is 80.8 cm³/mol. The van der Waals surface area contributed by atoms with Crippen molar-refractivity contribution in [2.24, 2.45) is 0 Å². The second kappa shape index (κ2) is 7.53. The second-order valence-electron chi connectivity index (χ2n) is 4.80. The number of hydrogen-bond donors (Lipinski definition) is 1. The van der Waals surface area contributed by atoms with Crippen LogP contribution >= 0.6 is 0 Å². The molecule has 0 radical (unpaired) electrons. The van der Waals surface area contributed by atoms with Gasteiger partial charge in [-0.05, 0) is 56.2 Å². The number of hydrogen-bond acceptors (Lipinski definition) is 2. The Morgan fingerprint density at radius 1 is 0.950 bits per heavy atom. The highest BCUT2D eigenvalue weighted by molar-refractivity contribution is 5.42. The minimum absolute atomic E-state index is 0.206. The molecule has 0 unspecified atom stereocenters. The molecule has 2 aromatic rings. The summed E-state index contributed by atoms with van der Waals surface area (Å²) in [4.78, 5) is 0. The standard InChI is InChI=1S/C17H20FNO/c1-14-4-10-17(11-5-14)20-13-3-2-12-19-16-8-6-15(18)7-9-16/h4-11,19H,2-3,12-13H2,1H3. The van der Waals surface area contributed by atoms with Crippen molar-refractivity contribution in [3.63, 3.8) is 0 Å². The van der Waals surface area contributed by atoms with E-state index in [-0.39, 0.29) is 5.82 Å². The van der Waals surface area contributed by atoms with E-state index in [1.165, 1.54) is 17.7 Å². The predicted octanol–water partition coefficient (Wildman–Crippen LogP) is 4.41. The van der Waals surface area contributed by atoms with E-state index in [1.807, 2.05) is 24.3 Å². The van der Waals surface area contributed by atoms with Crippen LogP contribution in [-0.4, -0.2) is 13.2 Å². The molecule has 0 spiro atoms. The minimum atomic E-state index is -0.206. The highest BCUT2D eigenvalue weighted by atomic mass is 19.1. The molecule has 2 rings (SSSR count). The number of nitrogens with one attached hydrogen (secondary N) is 1. The van der Waals surface area contributed by atoms with Crippen LogP contribution in [0.25, 0.3) is 0 Å². The van der Waals surface area contributed by atoms with Gasteiger partial charge in [-0.25, -0.2) is 4.39 Å². The molecule has 0 heterocycles. The van der Waals surface area contributed by atoms with E-state index >= 15 is 0 Å². The molecule has 0 aliphatic rings. The first-order chi connectivity index (χ1) is 9.74. The smallest absolute Gasteiger partial charge is 0.123 e. The summed E-state index contributed by atoms with van der Waals surface area (Å²) in [6.45, 7) is 3.64. The van der Waals surface area contributed by atoms with E-state index in [9.17, 15) is 4.39 Å². The van der Waals surface area contributed by atoms with Gasteiger partial charge in [0.1, 0.15) is 11.6 Å². The molecule has 0 bridgehead atoms. The number of rotatable bonds is 7. The Bertz CT molecular complexity index is 458. The lowest BCUT2D eigenvalue weighted by Gasteiger charge is -2.08. The SMILES string of the molecule is Cc1ccc(OCCCCNc2ccc(F)cc2)cc1. The molecule has 0 fully saturated rings. The van der Waals surface area contributed by atoms with Gasteiger partial charge in [0.25, 0.3) is 0 Å². The molecule has 0 saturated heterocycles. The summed E-state index contributed by atoms with van der Waals surface area (Å²) in [6.07, 6.45) is 2.01. The summed E-state index contributed by atoms with van der Waals surface area (Å²) < 4.78 is 18.4. The average molecular weight is 273 g/mol. The van der Waals surface area contributed by atoms with E-state index in [2.05, 4.69) is 12.2 Å². The Labute approximate surface area is 119 Å². The fourth-order valence-corrected chi connectivity index (χ4v) is 1.85. The number of aryl methyl sites for hydroxylation is 1. The number of halogens is 1. The maximum absolute atomic E-state index is 12.7. The summed E-state index contributed by atoms with van der Waals surface area (Å²) in [7, 11) is 0. The monoisotopic (exact) mass is 273 g/mol. The van der Waals surface area contributed by atoms with Crippen molar-refractivity contribution in [2.45, 2.75) is 19.8 Å². The molecule has 0 aliphatic heterocycles. The van der Waals surface area contributed by atoms with Gasteiger partial charge in [-0.3, -0.25) is 0 Å². The van der Waals surface area contributed by atoms with Crippen LogP contribution in [0.3, 0.4) is 0 Å². The second-order valence-corrected chi connectivity index (χ2v) is 4.80. The van der Waals surface area contributed by atoms with Crippen LogP contribution in [0.15, 0.2) is 48.5 Å². The third kappa shape index (κ3) is 4.92. The molecule has 0 saturated carbocycles. The number of unbranched alkanes of at least 4 members (excludes halogenated alkanes) is 1. The van der Waals surface area contributed by atoms with Crippen LogP contribution in [-0.2, 0) is 0 Å². The molecular weight excluding hydrogens is 253 g/mol. The molecule has 0 aliphatic carbocycles. The molecule has 20 heavy (non-hydrogen) atoms. The molecule has 3 heteroatoms. The van der Waals surface area contributed by atoms with Crippen molar-refractivity contribution in [3.8, 4) is 5.75 Å². The number of ether oxygens (including phenoxy) is 1. The van der Waals surface area contributed by atoms with Gasteiger partial charge in [-0.15, -0.1) is 0 Å². The van der Waals surface area contributed by atoms with Crippen LogP contribution in [0, 0.1) is 12.7 Å². The van der Waals surface area contributed by atoms with Crippen LogP contribution in [0.5, 0.6) is 5.75 Å². The quantitative estimate of drug-likeness (QED) is 0.755. The first-order valence-electron chi connectivity index (χ1n) is 6.93. The molecule has 2 nitrogen and oxygen atoms in total. The average Bonchev–Trinajstić information content (AvgIpc) is 2.46. The van der Waals surface area contributed by atoms with Crippen molar-refractivity contribution in [2.75, 3.05) is 18.5 Å². The molecule has 0 amide bonds. The van der Waals surface area contributed by atoms with E-state index in [0.29, 0.717) is 6.61 Å². The fourth-order valence-electron chi connectivity index (χ4n) is 1.85. The first kappa shape index (κ1) is 14.4. The summed E-state index contributed by atoms with van der Waals surface area (Å²) in [5, 5.41) is 3.26. The van der Waals surface area contributed by atoms with Gasteiger partial charge in [0.2, 0.25) is 0 Å². The topological polar surface area (TPSA) is 21.3 Å². The molecule has 0 aromatic heterocycles. The van der Waals surface area contributed by atoms with Gasteiger partial charge in [0.15, 0.2) is 0 Å².